The maximum atomic E-state index is 13.0. The van der Waals surface area contributed by atoms with Crippen molar-refractivity contribution >= 4 is 16.8 Å². The Bertz CT molecular complexity index is 1170. The van der Waals surface area contributed by atoms with E-state index in [1.165, 1.54) is 16.6 Å². The minimum Gasteiger partial charge on any atom is -0.486 e. The van der Waals surface area contributed by atoms with Gasteiger partial charge in [-0.05, 0) is 30.3 Å². The Morgan fingerprint density at radius 2 is 2.00 bits per heavy atom. The van der Waals surface area contributed by atoms with Gasteiger partial charge in [0, 0.05) is 66.7 Å². The number of H-pyrrole nitrogens is 1. The van der Waals surface area contributed by atoms with Crippen molar-refractivity contribution in [1.82, 2.24) is 19.4 Å². The van der Waals surface area contributed by atoms with Crippen LogP contribution >= 0.6 is 0 Å². The Morgan fingerprint density at radius 3 is 2.79 bits per heavy atom. The van der Waals surface area contributed by atoms with Crippen LogP contribution < -0.4 is 4.74 Å². The quantitative estimate of drug-likeness (QED) is 0.582. The highest BCUT2D eigenvalue weighted by molar-refractivity contribution is 5.95. The lowest BCUT2D eigenvalue weighted by Crippen LogP contribution is -2.35. The normalized spacial score (nSPS) is 13.5. The second-order valence-electron chi connectivity index (χ2n) is 7.37. The predicted molar refractivity (Wildman–Crippen MR) is 111 cm³/mol. The molecule has 29 heavy (non-hydrogen) atoms. The van der Waals surface area contributed by atoms with Crippen LogP contribution in [0.5, 0.6) is 5.75 Å². The predicted octanol–water partition coefficient (Wildman–Crippen LogP) is 3.68. The zero-order valence-corrected chi connectivity index (χ0v) is 16.3. The van der Waals surface area contributed by atoms with Gasteiger partial charge in [0.15, 0.2) is 0 Å². The second-order valence-corrected chi connectivity index (χ2v) is 7.37. The molecule has 0 aliphatic carbocycles. The molecular formula is C23H22N4O2. The molecule has 3 heterocycles. The van der Waals surface area contributed by atoms with E-state index in [0.29, 0.717) is 18.7 Å². The van der Waals surface area contributed by atoms with Gasteiger partial charge in [-0.3, -0.25) is 4.79 Å². The van der Waals surface area contributed by atoms with Crippen molar-refractivity contribution in [3.8, 4) is 5.75 Å². The average Bonchev–Trinajstić information content (AvgIpc) is 3.34. The number of aromatic nitrogens is 3. The van der Waals surface area contributed by atoms with E-state index >= 15 is 0 Å². The van der Waals surface area contributed by atoms with E-state index in [1.807, 2.05) is 59.1 Å². The summed E-state index contributed by atoms with van der Waals surface area (Å²) in [5.74, 6) is 1.63. The fourth-order valence-corrected chi connectivity index (χ4v) is 3.90. The largest absolute Gasteiger partial charge is 0.486 e. The first kappa shape index (κ1) is 17.6. The zero-order chi connectivity index (χ0) is 19.8. The molecule has 1 N–H and O–H groups in total. The van der Waals surface area contributed by atoms with Crippen molar-refractivity contribution in [2.75, 3.05) is 6.54 Å². The number of benzene rings is 2. The van der Waals surface area contributed by atoms with Crippen LogP contribution in [0.25, 0.3) is 10.9 Å². The monoisotopic (exact) mass is 386 g/mol. The summed E-state index contributed by atoms with van der Waals surface area (Å²) in [5.41, 5.74) is 4.29. The average molecular weight is 386 g/mol. The molecule has 1 aliphatic rings. The highest BCUT2D eigenvalue weighted by Crippen LogP contribution is 2.28. The van der Waals surface area contributed by atoms with Crippen LogP contribution in [0.4, 0.5) is 0 Å². The number of fused-ring (bicyclic) bond motifs is 3. The van der Waals surface area contributed by atoms with Gasteiger partial charge in [0.1, 0.15) is 18.2 Å². The first-order valence-corrected chi connectivity index (χ1v) is 9.76. The molecule has 1 amide bonds. The number of rotatable bonds is 4. The van der Waals surface area contributed by atoms with Gasteiger partial charge in [-0.1, -0.05) is 18.2 Å². The number of hydrogen-bond donors (Lipinski definition) is 1. The van der Waals surface area contributed by atoms with E-state index in [-0.39, 0.29) is 5.91 Å². The van der Waals surface area contributed by atoms with Crippen molar-refractivity contribution in [3.63, 3.8) is 0 Å². The van der Waals surface area contributed by atoms with E-state index < -0.39 is 0 Å². The molecule has 6 heteroatoms. The molecule has 0 saturated carbocycles. The van der Waals surface area contributed by atoms with E-state index in [0.717, 1.165) is 30.1 Å². The summed E-state index contributed by atoms with van der Waals surface area (Å²) in [5, 5.41) is 1.21. The van der Waals surface area contributed by atoms with Crippen LogP contribution in [0.2, 0.25) is 0 Å². The lowest BCUT2D eigenvalue weighted by atomic mass is 10.0. The Hall–Kier alpha value is -3.54. The van der Waals surface area contributed by atoms with Crippen molar-refractivity contribution in [3.05, 3.63) is 83.6 Å². The molecule has 0 spiro atoms. The van der Waals surface area contributed by atoms with Crippen LogP contribution in [0, 0.1) is 0 Å². The summed E-state index contributed by atoms with van der Waals surface area (Å²) in [4.78, 5) is 22.7. The van der Waals surface area contributed by atoms with E-state index in [9.17, 15) is 4.79 Å². The molecule has 2 aromatic heterocycles. The van der Waals surface area contributed by atoms with Gasteiger partial charge < -0.3 is 19.2 Å². The number of carbonyl (C=O) groups is 1. The van der Waals surface area contributed by atoms with Gasteiger partial charge in [0.25, 0.3) is 5.91 Å². The summed E-state index contributed by atoms with van der Waals surface area (Å²) < 4.78 is 7.71. The Kier molecular flexibility index (Phi) is 4.31. The minimum absolute atomic E-state index is 0.0524. The van der Waals surface area contributed by atoms with Gasteiger partial charge in [0.2, 0.25) is 0 Å². The number of imidazole rings is 1. The van der Waals surface area contributed by atoms with Gasteiger partial charge in [-0.15, -0.1) is 0 Å². The number of carbonyl (C=O) groups excluding carboxylic acids is 1. The molecule has 0 saturated heterocycles. The van der Waals surface area contributed by atoms with Crippen LogP contribution in [0.1, 0.15) is 27.4 Å². The first-order chi connectivity index (χ1) is 14.2. The fourth-order valence-electron chi connectivity index (χ4n) is 3.90. The zero-order valence-electron chi connectivity index (χ0n) is 16.3. The minimum atomic E-state index is 0.0524. The molecule has 4 aromatic rings. The molecule has 1 aliphatic heterocycles. The van der Waals surface area contributed by atoms with Crippen LogP contribution in [-0.2, 0) is 26.6 Å². The summed E-state index contributed by atoms with van der Waals surface area (Å²) in [6.45, 7) is 1.75. The van der Waals surface area contributed by atoms with Crippen LogP contribution in [-0.4, -0.2) is 31.9 Å². The van der Waals surface area contributed by atoms with Crippen molar-refractivity contribution in [2.24, 2.45) is 7.05 Å². The molecule has 0 bridgehead atoms. The molecular weight excluding hydrogens is 364 g/mol. The molecule has 0 fully saturated rings. The number of amides is 1. The molecule has 0 atom stereocenters. The number of aromatic amines is 1. The third kappa shape index (κ3) is 3.27. The lowest BCUT2D eigenvalue weighted by Gasteiger charge is -2.27. The number of nitrogens with zero attached hydrogens (tertiary/aromatic N) is 3. The maximum Gasteiger partial charge on any atom is 0.254 e. The third-order valence-corrected chi connectivity index (χ3v) is 5.56. The molecule has 6 nitrogen and oxygen atoms in total. The standard InChI is InChI=1S/C23H22N4O2/c1-26-13-11-24-22(26)15-29-17-8-6-16(7-9-17)23(28)27-12-10-21-19(14-27)18-4-2-3-5-20(18)25-21/h2-9,11,13,25H,10,12,14-15H2,1H3. The van der Waals surface area contributed by atoms with Crippen molar-refractivity contribution in [1.29, 1.82) is 0 Å². The number of para-hydroxylation sites is 1. The summed E-state index contributed by atoms with van der Waals surface area (Å²) in [7, 11) is 1.94. The molecule has 5 rings (SSSR count). The number of hydrogen-bond acceptors (Lipinski definition) is 3. The second kappa shape index (κ2) is 7.13. The summed E-state index contributed by atoms with van der Waals surface area (Å²) >= 11 is 0. The van der Waals surface area contributed by atoms with Gasteiger partial charge >= 0.3 is 0 Å². The molecule has 0 radical (unpaired) electrons. The van der Waals surface area contributed by atoms with Gasteiger partial charge in [0.05, 0.1) is 0 Å². The Morgan fingerprint density at radius 1 is 1.17 bits per heavy atom. The van der Waals surface area contributed by atoms with Crippen LogP contribution in [0.15, 0.2) is 60.9 Å². The number of aryl methyl sites for hydroxylation is 1. The third-order valence-electron chi connectivity index (χ3n) is 5.56. The van der Waals surface area contributed by atoms with Crippen molar-refractivity contribution in [2.45, 2.75) is 19.6 Å². The smallest absolute Gasteiger partial charge is 0.254 e. The molecule has 0 unspecified atom stereocenters. The lowest BCUT2D eigenvalue weighted by molar-refractivity contribution is 0.0735. The topological polar surface area (TPSA) is 63.2 Å². The Labute approximate surface area is 168 Å². The number of ether oxygens (including phenoxy) is 1. The summed E-state index contributed by atoms with van der Waals surface area (Å²) in [6.07, 6.45) is 4.48. The molecule has 146 valence electrons. The Balaban J connectivity index is 1.29. The molecule has 2 aromatic carbocycles. The highest BCUT2D eigenvalue weighted by atomic mass is 16.5. The van der Waals surface area contributed by atoms with E-state index in [2.05, 4.69) is 22.1 Å². The van der Waals surface area contributed by atoms with Crippen molar-refractivity contribution < 1.29 is 9.53 Å². The first-order valence-electron chi connectivity index (χ1n) is 9.76. The van der Waals surface area contributed by atoms with Gasteiger partial charge in [-0.2, -0.15) is 0 Å². The highest BCUT2D eigenvalue weighted by Gasteiger charge is 2.24. The number of nitrogens with one attached hydrogen (secondary N) is 1. The SMILES string of the molecule is Cn1ccnc1COc1ccc(C(=O)N2CCc3[nH]c4ccccc4c3C2)cc1. The van der Waals surface area contributed by atoms with Gasteiger partial charge in [-0.25, -0.2) is 4.98 Å². The van der Waals surface area contributed by atoms with E-state index in [4.69, 9.17) is 4.74 Å². The summed E-state index contributed by atoms with van der Waals surface area (Å²) in [6, 6.07) is 15.6. The fraction of sp³-hybridized carbons (Fsp3) is 0.217. The van der Waals surface area contributed by atoms with E-state index in [1.54, 1.807) is 6.20 Å². The van der Waals surface area contributed by atoms with Crippen LogP contribution in [0.3, 0.4) is 0 Å². The maximum absolute atomic E-state index is 13.0.